The Morgan fingerprint density at radius 3 is 2.52 bits per heavy atom. The van der Waals surface area contributed by atoms with Gasteiger partial charge in [0.05, 0.1) is 11.7 Å². The maximum atomic E-state index is 12.7. The van der Waals surface area contributed by atoms with Crippen molar-refractivity contribution in [2.75, 3.05) is 18.4 Å². The standard InChI is InChI=1S/C21H25ClN4O3/c1-14(2)29-19-18(22)12-15(13-23-19)20(27)26-10-8-17(9-11-26)25-21(28)24-16-6-4-3-5-7-16/h3-7,12-14,17H,8-11H2,1-2H3,(H2,24,25,28). The molecule has 29 heavy (non-hydrogen) atoms. The number of amides is 3. The number of para-hydroxylation sites is 1. The van der Waals surface area contributed by atoms with Crippen LogP contribution in [0.2, 0.25) is 5.02 Å². The molecule has 3 rings (SSSR count). The van der Waals surface area contributed by atoms with Crippen LogP contribution in [0.4, 0.5) is 10.5 Å². The van der Waals surface area contributed by atoms with Gasteiger partial charge >= 0.3 is 6.03 Å². The summed E-state index contributed by atoms with van der Waals surface area (Å²) in [4.78, 5) is 30.8. The molecule has 1 aromatic heterocycles. The molecule has 0 spiro atoms. The first kappa shape index (κ1) is 20.9. The number of nitrogens with zero attached hydrogens (tertiary/aromatic N) is 2. The molecule has 0 aliphatic carbocycles. The highest BCUT2D eigenvalue weighted by molar-refractivity contribution is 6.32. The number of hydrogen-bond acceptors (Lipinski definition) is 4. The molecule has 0 saturated carbocycles. The number of hydrogen-bond donors (Lipinski definition) is 2. The largest absolute Gasteiger partial charge is 0.474 e. The quantitative estimate of drug-likeness (QED) is 0.773. The van der Waals surface area contributed by atoms with Gasteiger partial charge in [-0.05, 0) is 44.9 Å². The van der Waals surface area contributed by atoms with Crippen LogP contribution in [-0.4, -0.2) is 47.1 Å². The van der Waals surface area contributed by atoms with Gasteiger partial charge in [0.2, 0.25) is 5.88 Å². The Balaban J connectivity index is 1.50. The number of carbonyl (C=O) groups excluding carboxylic acids is 2. The number of halogens is 1. The molecule has 154 valence electrons. The molecule has 0 bridgehead atoms. The van der Waals surface area contributed by atoms with Crippen molar-refractivity contribution in [1.29, 1.82) is 0 Å². The molecule has 1 aliphatic rings. The lowest BCUT2D eigenvalue weighted by Gasteiger charge is -2.32. The van der Waals surface area contributed by atoms with Crippen LogP contribution in [0.3, 0.4) is 0 Å². The molecule has 1 saturated heterocycles. The summed E-state index contributed by atoms with van der Waals surface area (Å²) in [5.41, 5.74) is 1.17. The number of piperidine rings is 1. The summed E-state index contributed by atoms with van der Waals surface area (Å²) in [5, 5.41) is 6.09. The first-order chi connectivity index (χ1) is 13.9. The molecule has 3 amide bonds. The van der Waals surface area contributed by atoms with Crippen LogP contribution < -0.4 is 15.4 Å². The Morgan fingerprint density at radius 1 is 1.21 bits per heavy atom. The minimum atomic E-state index is -0.238. The van der Waals surface area contributed by atoms with E-state index in [4.69, 9.17) is 16.3 Å². The molecule has 1 aliphatic heterocycles. The average Bonchev–Trinajstić information content (AvgIpc) is 2.70. The van der Waals surface area contributed by atoms with Crippen LogP contribution in [0.5, 0.6) is 5.88 Å². The number of pyridine rings is 1. The summed E-state index contributed by atoms with van der Waals surface area (Å²) >= 11 is 6.19. The van der Waals surface area contributed by atoms with Crippen molar-refractivity contribution in [2.24, 2.45) is 0 Å². The van der Waals surface area contributed by atoms with Crippen molar-refractivity contribution in [3.63, 3.8) is 0 Å². The fourth-order valence-electron chi connectivity index (χ4n) is 3.14. The zero-order valence-corrected chi connectivity index (χ0v) is 17.3. The molecule has 1 fully saturated rings. The molecule has 0 atom stereocenters. The van der Waals surface area contributed by atoms with Gasteiger partial charge in [-0.1, -0.05) is 29.8 Å². The van der Waals surface area contributed by atoms with Gasteiger partial charge in [0.25, 0.3) is 5.91 Å². The van der Waals surface area contributed by atoms with Crippen LogP contribution in [-0.2, 0) is 0 Å². The molecule has 2 heterocycles. The third kappa shape index (κ3) is 5.84. The van der Waals surface area contributed by atoms with Crippen LogP contribution in [0.1, 0.15) is 37.0 Å². The fraction of sp³-hybridized carbons (Fsp3) is 0.381. The van der Waals surface area contributed by atoms with E-state index < -0.39 is 0 Å². The van der Waals surface area contributed by atoms with E-state index in [0.29, 0.717) is 42.4 Å². The smallest absolute Gasteiger partial charge is 0.319 e. The van der Waals surface area contributed by atoms with E-state index in [9.17, 15) is 9.59 Å². The summed E-state index contributed by atoms with van der Waals surface area (Å²) in [6.07, 6.45) is 2.81. The Morgan fingerprint density at radius 2 is 1.90 bits per heavy atom. The van der Waals surface area contributed by atoms with Crippen molar-refractivity contribution in [3.8, 4) is 5.88 Å². The molecule has 0 radical (unpaired) electrons. The molecule has 0 unspecified atom stereocenters. The van der Waals surface area contributed by atoms with E-state index in [1.165, 1.54) is 6.20 Å². The zero-order valence-electron chi connectivity index (χ0n) is 16.5. The predicted octanol–water partition coefficient (Wildman–Crippen LogP) is 3.95. The maximum absolute atomic E-state index is 12.7. The molecule has 1 aromatic carbocycles. The van der Waals surface area contributed by atoms with E-state index in [1.54, 1.807) is 11.0 Å². The van der Waals surface area contributed by atoms with Crippen LogP contribution in [0.15, 0.2) is 42.6 Å². The summed E-state index contributed by atoms with van der Waals surface area (Å²) in [5.74, 6) is 0.202. The molecule has 2 N–H and O–H groups in total. The van der Waals surface area contributed by atoms with Crippen molar-refractivity contribution in [2.45, 2.75) is 38.8 Å². The number of rotatable bonds is 5. The molecular formula is C21H25ClN4O3. The highest BCUT2D eigenvalue weighted by Crippen LogP contribution is 2.24. The number of urea groups is 1. The third-order valence-electron chi connectivity index (χ3n) is 4.55. The number of anilines is 1. The van der Waals surface area contributed by atoms with Gasteiger partial charge in [-0.15, -0.1) is 0 Å². The monoisotopic (exact) mass is 416 g/mol. The van der Waals surface area contributed by atoms with Gasteiger partial charge in [0.15, 0.2) is 0 Å². The second kappa shape index (κ2) is 9.60. The lowest BCUT2D eigenvalue weighted by molar-refractivity contribution is 0.0708. The highest BCUT2D eigenvalue weighted by Gasteiger charge is 2.25. The predicted molar refractivity (Wildman–Crippen MR) is 113 cm³/mol. The Kier molecular flexibility index (Phi) is 6.93. The average molecular weight is 417 g/mol. The SMILES string of the molecule is CC(C)Oc1ncc(C(=O)N2CCC(NC(=O)Nc3ccccc3)CC2)cc1Cl. The lowest BCUT2D eigenvalue weighted by Crippen LogP contribution is -2.47. The van der Waals surface area contributed by atoms with Crippen molar-refractivity contribution >= 4 is 29.2 Å². The van der Waals surface area contributed by atoms with Crippen molar-refractivity contribution in [3.05, 3.63) is 53.2 Å². The van der Waals surface area contributed by atoms with Gasteiger partial charge in [0.1, 0.15) is 5.02 Å². The first-order valence-corrected chi connectivity index (χ1v) is 10.0. The number of carbonyl (C=O) groups is 2. The maximum Gasteiger partial charge on any atom is 0.319 e. The summed E-state index contributed by atoms with van der Waals surface area (Å²) in [7, 11) is 0. The van der Waals surface area contributed by atoms with E-state index >= 15 is 0 Å². The van der Waals surface area contributed by atoms with Crippen LogP contribution >= 0.6 is 11.6 Å². The summed E-state index contributed by atoms with van der Waals surface area (Å²) < 4.78 is 5.50. The van der Waals surface area contributed by atoms with Gasteiger partial charge in [-0.25, -0.2) is 9.78 Å². The highest BCUT2D eigenvalue weighted by atomic mass is 35.5. The topological polar surface area (TPSA) is 83.6 Å². The van der Waals surface area contributed by atoms with Crippen LogP contribution in [0, 0.1) is 0 Å². The number of benzene rings is 1. The van der Waals surface area contributed by atoms with E-state index in [2.05, 4.69) is 15.6 Å². The van der Waals surface area contributed by atoms with Gasteiger partial charge in [-0.3, -0.25) is 4.79 Å². The molecule has 2 aromatic rings. The van der Waals surface area contributed by atoms with Crippen molar-refractivity contribution < 1.29 is 14.3 Å². The Labute approximate surface area is 175 Å². The number of likely N-dealkylation sites (tertiary alicyclic amines) is 1. The summed E-state index contributed by atoms with van der Waals surface area (Å²) in [6, 6.07) is 10.7. The van der Waals surface area contributed by atoms with E-state index in [1.807, 2.05) is 44.2 Å². The van der Waals surface area contributed by atoms with Crippen LogP contribution in [0.25, 0.3) is 0 Å². The third-order valence-corrected chi connectivity index (χ3v) is 4.82. The number of nitrogens with one attached hydrogen (secondary N) is 2. The first-order valence-electron chi connectivity index (χ1n) is 9.66. The van der Waals surface area contributed by atoms with Gasteiger partial charge in [-0.2, -0.15) is 0 Å². The Hall–Kier alpha value is -2.80. The minimum Gasteiger partial charge on any atom is -0.474 e. The minimum absolute atomic E-state index is 0.0197. The normalized spacial score (nSPS) is 14.6. The van der Waals surface area contributed by atoms with Crippen molar-refractivity contribution in [1.82, 2.24) is 15.2 Å². The number of aromatic nitrogens is 1. The molecular weight excluding hydrogens is 392 g/mol. The van der Waals surface area contributed by atoms with Gasteiger partial charge in [0, 0.05) is 31.0 Å². The number of ether oxygens (including phenoxy) is 1. The second-order valence-electron chi connectivity index (χ2n) is 7.21. The zero-order chi connectivity index (χ0) is 20.8. The van der Waals surface area contributed by atoms with E-state index in [-0.39, 0.29) is 24.1 Å². The lowest BCUT2D eigenvalue weighted by atomic mass is 10.0. The molecule has 8 heteroatoms. The summed E-state index contributed by atoms with van der Waals surface area (Å²) in [6.45, 7) is 4.87. The fourth-order valence-corrected chi connectivity index (χ4v) is 3.35. The second-order valence-corrected chi connectivity index (χ2v) is 7.62. The molecule has 7 nitrogen and oxygen atoms in total. The van der Waals surface area contributed by atoms with Gasteiger partial charge < -0.3 is 20.3 Å². The van der Waals surface area contributed by atoms with E-state index in [0.717, 1.165) is 5.69 Å². The Bertz CT molecular complexity index is 852.